The number of rotatable bonds is 6. The van der Waals surface area contributed by atoms with Crippen LogP contribution in [-0.2, 0) is 14.8 Å². The lowest BCUT2D eigenvalue weighted by Crippen LogP contribution is -2.13. The van der Waals surface area contributed by atoms with Crippen LogP contribution in [0.5, 0.6) is 17.2 Å². The van der Waals surface area contributed by atoms with Crippen molar-refractivity contribution in [1.29, 1.82) is 0 Å². The minimum atomic E-state index is -3.91. The van der Waals surface area contributed by atoms with Gasteiger partial charge in [0.1, 0.15) is 5.75 Å². The van der Waals surface area contributed by atoms with Gasteiger partial charge in [0.05, 0.1) is 30.5 Å². The summed E-state index contributed by atoms with van der Waals surface area (Å²) in [6.45, 7) is 1.30. The minimum Gasteiger partial charge on any atom is -0.506 e. The first-order valence-corrected chi connectivity index (χ1v) is 8.60. The Hall–Kier alpha value is -2.94. The van der Waals surface area contributed by atoms with E-state index in [1.165, 1.54) is 57.5 Å². The van der Waals surface area contributed by atoms with Crippen molar-refractivity contribution in [2.24, 2.45) is 0 Å². The van der Waals surface area contributed by atoms with Crippen molar-refractivity contribution in [2.75, 3.05) is 24.3 Å². The second kappa shape index (κ2) is 7.31. The van der Waals surface area contributed by atoms with Crippen molar-refractivity contribution in [3.63, 3.8) is 0 Å². The molecule has 3 N–H and O–H groups in total. The van der Waals surface area contributed by atoms with Crippen molar-refractivity contribution >= 4 is 27.3 Å². The molecule has 0 atom stereocenters. The Bertz CT molecular complexity index is 895. The SMILES string of the molecule is COc1ccc(S(=O)(=O)Nc2ccc(NC(C)=O)c(O)c2)cc1OC. The molecule has 2 aromatic rings. The van der Waals surface area contributed by atoms with Crippen LogP contribution in [0.25, 0.3) is 0 Å². The molecule has 0 saturated carbocycles. The van der Waals surface area contributed by atoms with Gasteiger partial charge in [-0.25, -0.2) is 8.42 Å². The first kappa shape index (κ1) is 18.4. The number of anilines is 2. The van der Waals surface area contributed by atoms with Gasteiger partial charge in [-0.1, -0.05) is 0 Å². The Morgan fingerprint density at radius 1 is 1.04 bits per heavy atom. The lowest BCUT2D eigenvalue weighted by molar-refractivity contribution is -0.114. The van der Waals surface area contributed by atoms with Crippen molar-refractivity contribution < 1.29 is 27.8 Å². The molecule has 1 amide bonds. The summed E-state index contributed by atoms with van der Waals surface area (Å²) in [6, 6.07) is 8.18. The topological polar surface area (TPSA) is 114 Å². The number of amides is 1. The van der Waals surface area contributed by atoms with Gasteiger partial charge in [0.15, 0.2) is 11.5 Å². The monoisotopic (exact) mass is 366 g/mol. The molecule has 0 bridgehead atoms. The Kier molecular flexibility index (Phi) is 5.38. The van der Waals surface area contributed by atoms with E-state index in [2.05, 4.69) is 10.0 Å². The van der Waals surface area contributed by atoms with E-state index < -0.39 is 10.0 Å². The number of carbonyl (C=O) groups is 1. The molecule has 0 aliphatic rings. The molecule has 0 saturated heterocycles. The van der Waals surface area contributed by atoms with Gasteiger partial charge in [0.2, 0.25) is 5.91 Å². The molecule has 8 nitrogen and oxygen atoms in total. The average molecular weight is 366 g/mol. The predicted molar refractivity (Wildman–Crippen MR) is 92.8 cm³/mol. The lowest BCUT2D eigenvalue weighted by Gasteiger charge is -2.12. The van der Waals surface area contributed by atoms with Crippen LogP contribution < -0.4 is 19.5 Å². The third kappa shape index (κ3) is 4.32. The van der Waals surface area contributed by atoms with Crippen LogP contribution in [0.2, 0.25) is 0 Å². The molecule has 134 valence electrons. The van der Waals surface area contributed by atoms with Crippen molar-refractivity contribution in [1.82, 2.24) is 0 Å². The molecule has 0 aromatic heterocycles. The largest absolute Gasteiger partial charge is 0.506 e. The van der Waals surface area contributed by atoms with E-state index in [0.717, 1.165) is 0 Å². The van der Waals surface area contributed by atoms with Crippen LogP contribution in [0, 0.1) is 0 Å². The number of carbonyl (C=O) groups excluding carboxylic acids is 1. The van der Waals surface area contributed by atoms with Crippen molar-refractivity contribution in [3.8, 4) is 17.2 Å². The maximum Gasteiger partial charge on any atom is 0.262 e. The number of methoxy groups -OCH3 is 2. The summed E-state index contributed by atoms with van der Waals surface area (Å²) in [6.07, 6.45) is 0. The van der Waals surface area contributed by atoms with Gasteiger partial charge in [-0.3, -0.25) is 9.52 Å². The summed E-state index contributed by atoms with van der Waals surface area (Å²) in [5.41, 5.74) is 0.322. The van der Waals surface area contributed by atoms with E-state index in [1.54, 1.807) is 0 Å². The van der Waals surface area contributed by atoms with E-state index >= 15 is 0 Å². The fourth-order valence-corrected chi connectivity index (χ4v) is 3.15. The first-order valence-electron chi connectivity index (χ1n) is 7.12. The fraction of sp³-hybridized carbons (Fsp3) is 0.188. The number of phenols is 1. The zero-order valence-corrected chi connectivity index (χ0v) is 14.7. The number of ether oxygens (including phenoxy) is 2. The summed E-state index contributed by atoms with van der Waals surface area (Å²) < 4.78 is 37.5. The molecule has 2 aromatic carbocycles. The standard InChI is InChI=1S/C16H18N2O6S/c1-10(19)17-13-6-4-11(8-14(13)20)18-25(21,22)12-5-7-15(23-2)16(9-12)24-3/h4-9,18,20H,1-3H3,(H,17,19). The highest BCUT2D eigenvalue weighted by atomic mass is 32.2. The predicted octanol–water partition coefficient (Wildman–Crippen LogP) is 2.17. The van der Waals surface area contributed by atoms with Gasteiger partial charge in [-0.05, 0) is 24.3 Å². The van der Waals surface area contributed by atoms with Crippen LogP contribution in [0.4, 0.5) is 11.4 Å². The number of hydrogen-bond donors (Lipinski definition) is 3. The summed E-state index contributed by atoms with van der Waals surface area (Å²) in [7, 11) is -1.06. The van der Waals surface area contributed by atoms with E-state index in [9.17, 15) is 18.3 Å². The van der Waals surface area contributed by atoms with Crippen molar-refractivity contribution in [2.45, 2.75) is 11.8 Å². The number of aromatic hydroxyl groups is 1. The third-order valence-electron chi connectivity index (χ3n) is 3.23. The average Bonchev–Trinajstić information content (AvgIpc) is 2.56. The molecule has 0 radical (unpaired) electrons. The van der Waals surface area contributed by atoms with Crippen LogP contribution in [0.15, 0.2) is 41.3 Å². The van der Waals surface area contributed by atoms with Gasteiger partial charge in [-0.2, -0.15) is 0 Å². The molecule has 0 unspecified atom stereocenters. The molecule has 0 aliphatic heterocycles. The van der Waals surface area contributed by atoms with Gasteiger partial charge in [0.25, 0.3) is 10.0 Å². The van der Waals surface area contributed by atoms with Crippen LogP contribution in [0.1, 0.15) is 6.92 Å². The van der Waals surface area contributed by atoms with Gasteiger partial charge in [0, 0.05) is 19.1 Å². The second-order valence-corrected chi connectivity index (χ2v) is 6.72. The molecule has 0 spiro atoms. The second-order valence-electron chi connectivity index (χ2n) is 5.04. The van der Waals surface area contributed by atoms with Gasteiger partial charge < -0.3 is 19.9 Å². The van der Waals surface area contributed by atoms with E-state index in [1.807, 2.05) is 0 Å². The Morgan fingerprint density at radius 3 is 2.28 bits per heavy atom. The fourth-order valence-electron chi connectivity index (χ4n) is 2.09. The summed E-state index contributed by atoms with van der Waals surface area (Å²) >= 11 is 0. The molecular formula is C16H18N2O6S. The number of nitrogens with one attached hydrogen (secondary N) is 2. The molecule has 25 heavy (non-hydrogen) atoms. The number of phenolic OH excluding ortho intramolecular Hbond substituents is 1. The van der Waals surface area contributed by atoms with Crippen molar-refractivity contribution in [3.05, 3.63) is 36.4 Å². The lowest BCUT2D eigenvalue weighted by atomic mass is 10.2. The number of hydrogen-bond acceptors (Lipinski definition) is 6. The summed E-state index contributed by atoms with van der Waals surface area (Å²) in [5, 5.41) is 12.3. The smallest absolute Gasteiger partial charge is 0.262 e. The molecule has 0 fully saturated rings. The molecule has 2 rings (SSSR count). The van der Waals surface area contributed by atoms with E-state index in [0.29, 0.717) is 5.75 Å². The molecule has 0 heterocycles. The highest BCUT2D eigenvalue weighted by molar-refractivity contribution is 7.92. The van der Waals surface area contributed by atoms with Gasteiger partial charge in [-0.15, -0.1) is 0 Å². The van der Waals surface area contributed by atoms with Crippen LogP contribution in [0.3, 0.4) is 0 Å². The summed E-state index contributed by atoms with van der Waals surface area (Å²) in [5.74, 6) is 0.0599. The maximum absolute atomic E-state index is 12.5. The molecular weight excluding hydrogens is 348 g/mol. The zero-order chi connectivity index (χ0) is 18.6. The van der Waals surface area contributed by atoms with Crippen LogP contribution >= 0.6 is 0 Å². The maximum atomic E-state index is 12.5. The Labute approximate surface area is 145 Å². The van der Waals surface area contributed by atoms with E-state index in [-0.39, 0.29) is 33.7 Å². The molecule has 0 aliphatic carbocycles. The first-order chi connectivity index (χ1) is 11.8. The van der Waals surface area contributed by atoms with Crippen LogP contribution in [-0.4, -0.2) is 33.7 Å². The molecule has 9 heteroatoms. The highest BCUT2D eigenvalue weighted by Crippen LogP contribution is 2.31. The Balaban J connectivity index is 2.30. The minimum absolute atomic E-state index is 0.0319. The van der Waals surface area contributed by atoms with E-state index in [4.69, 9.17) is 9.47 Å². The normalized spacial score (nSPS) is 10.8. The Morgan fingerprint density at radius 2 is 1.72 bits per heavy atom. The highest BCUT2D eigenvalue weighted by Gasteiger charge is 2.18. The zero-order valence-electron chi connectivity index (χ0n) is 13.9. The van der Waals surface area contributed by atoms with Gasteiger partial charge >= 0.3 is 0 Å². The quantitative estimate of drug-likeness (QED) is 0.675. The number of sulfonamides is 1. The number of benzene rings is 2. The summed E-state index contributed by atoms with van der Waals surface area (Å²) in [4.78, 5) is 11.0. The third-order valence-corrected chi connectivity index (χ3v) is 4.60.